The van der Waals surface area contributed by atoms with Crippen LogP contribution in [0.3, 0.4) is 0 Å². The Bertz CT molecular complexity index is 1000. The summed E-state index contributed by atoms with van der Waals surface area (Å²) in [6, 6.07) is 20.1. The number of aliphatic hydroxyl groups is 2. The van der Waals surface area contributed by atoms with Gasteiger partial charge in [0.25, 0.3) is 0 Å². The minimum Gasteiger partial charge on any atom is -0.400 e. The van der Waals surface area contributed by atoms with Crippen molar-refractivity contribution in [2.75, 3.05) is 7.11 Å². The number of aromatic nitrogens is 1. The summed E-state index contributed by atoms with van der Waals surface area (Å²) in [6.07, 6.45) is 15.3. The smallest absolute Gasteiger partial charge is 0.0571 e. The zero-order chi connectivity index (χ0) is 23.0. The molecule has 3 aromatic rings. The van der Waals surface area contributed by atoms with Gasteiger partial charge in [-0.15, -0.1) is 35.9 Å². The van der Waals surface area contributed by atoms with E-state index in [0.29, 0.717) is 11.8 Å². The van der Waals surface area contributed by atoms with Crippen LogP contribution in [0.25, 0.3) is 22.0 Å². The summed E-state index contributed by atoms with van der Waals surface area (Å²) >= 11 is 0. The van der Waals surface area contributed by atoms with Crippen molar-refractivity contribution in [3.63, 3.8) is 0 Å². The van der Waals surface area contributed by atoms with Gasteiger partial charge >= 0.3 is 0 Å². The summed E-state index contributed by atoms with van der Waals surface area (Å²) in [6.45, 7) is 0. The molecule has 6 rings (SSSR count). The zero-order valence-corrected chi connectivity index (χ0v) is 22.6. The maximum Gasteiger partial charge on any atom is 0.0571 e. The molecule has 0 aliphatic heterocycles. The van der Waals surface area contributed by atoms with Crippen molar-refractivity contribution in [2.45, 2.75) is 76.2 Å². The molecule has 1 radical (unpaired) electrons. The summed E-state index contributed by atoms with van der Waals surface area (Å²) in [7, 11) is 1.00. The molecule has 0 saturated heterocycles. The first-order valence-electron chi connectivity index (χ1n) is 12.8. The first-order valence-corrected chi connectivity index (χ1v) is 12.8. The van der Waals surface area contributed by atoms with Crippen LogP contribution < -0.4 is 0 Å². The molecule has 1 heterocycles. The second kappa shape index (κ2) is 13.5. The number of pyridine rings is 1. The average Bonchev–Trinajstić information content (AvgIpc) is 3.56. The van der Waals surface area contributed by atoms with Gasteiger partial charge in [0.05, 0.1) is 6.10 Å². The van der Waals surface area contributed by atoms with Crippen molar-refractivity contribution >= 4 is 10.8 Å². The second-order valence-electron chi connectivity index (χ2n) is 9.72. The van der Waals surface area contributed by atoms with Crippen molar-refractivity contribution in [3.8, 4) is 11.3 Å². The van der Waals surface area contributed by atoms with Crippen molar-refractivity contribution in [1.82, 2.24) is 4.98 Å². The summed E-state index contributed by atoms with van der Waals surface area (Å²) in [5.41, 5.74) is 3.56. The molecular formula is C30H38IrNO2-. The van der Waals surface area contributed by atoms with Crippen LogP contribution in [0.15, 0.2) is 54.7 Å². The van der Waals surface area contributed by atoms with Gasteiger partial charge < -0.3 is 15.2 Å². The molecule has 34 heavy (non-hydrogen) atoms. The van der Waals surface area contributed by atoms with Crippen LogP contribution in [0.4, 0.5) is 0 Å². The Morgan fingerprint density at radius 2 is 1.47 bits per heavy atom. The summed E-state index contributed by atoms with van der Waals surface area (Å²) in [5, 5.41) is 19.1. The molecule has 1 aromatic heterocycles. The molecule has 4 heteroatoms. The predicted molar refractivity (Wildman–Crippen MR) is 136 cm³/mol. The Labute approximate surface area is 218 Å². The molecule has 3 saturated carbocycles. The molecule has 3 nitrogen and oxygen atoms in total. The minimum atomic E-state index is 0. The van der Waals surface area contributed by atoms with E-state index in [1.807, 2.05) is 18.2 Å². The van der Waals surface area contributed by atoms with Gasteiger partial charge in [-0.2, -0.15) is 0 Å². The van der Waals surface area contributed by atoms with Gasteiger partial charge in [0.1, 0.15) is 0 Å². The number of fused-ring (bicyclic) bond motifs is 2. The topological polar surface area (TPSA) is 53.4 Å². The minimum absolute atomic E-state index is 0. The van der Waals surface area contributed by atoms with Gasteiger partial charge in [0.2, 0.25) is 0 Å². The molecule has 185 valence electrons. The number of rotatable bonds is 2. The van der Waals surface area contributed by atoms with E-state index in [4.69, 9.17) is 10.1 Å². The number of benzene rings is 2. The van der Waals surface area contributed by atoms with E-state index in [1.165, 1.54) is 74.1 Å². The average molecular weight is 637 g/mol. The van der Waals surface area contributed by atoms with Crippen LogP contribution >= 0.6 is 0 Å². The molecule has 3 aliphatic rings. The van der Waals surface area contributed by atoms with Gasteiger partial charge in [-0.1, -0.05) is 56.4 Å². The number of hydrogen-bond donors (Lipinski definition) is 2. The Kier molecular flexibility index (Phi) is 10.7. The fourth-order valence-corrected chi connectivity index (χ4v) is 6.23. The molecule has 3 unspecified atom stereocenters. The number of aliphatic hydroxyl groups excluding tert-OH is 2. The SMILES string of the molecule is CO.OC1CCC2CCCCC12.[Ir].[c-]1ccccc1-c1ncc(C2CCCC2)c2ccccc12. The van der Waals surface area contributed by atoms with Crippen LogP contribution in [0.1, 0.15) is 75.7 Å². The zero-order valence-electron chi connectivity index (χ0n) is 20.3. The van der Waals surface area contributed by atoms with Gasteiger partial charge in [-0.3, -0.25) is 0 Å². The standard InChI is InChI=1S/C20H18N.C9H16O.CH4O.Ir/c1-2-10-16(11-3-1)20-18-13-7-6-12-17(18)19(14-21-20)15-8-4-5-9-15;10-9-6-5-7-3-1-2-4-8(7)9;1-2;/h1-3,6-7,10,12-15H,4-5,8-9H2;7-10H,1-6H2;2H,1H3;/q-1;;;. The molecule has 0 spiro atoms. The van der Waals surface area contributed by atoms with Crippen LogP contribution in [-0.4, -0.2) is 28.4 Å². The Hall–Kier alpha value is -1.58. The van der Waals surface area contributed by atoms with Crippen LogP contribution in [-0.2, 0) is 20.1 Å². The van der Waals surface area contributed by atoms with Crippen LogP contribution in [0, 0.1) is 17.9 Å². The molecule has 2 aromatic carbocycles. The Balaban J connectivity index is 0.000000210. The summed E-state index contributed by atoms with van der Waals surface area (Å²) in [4.78, 5) is 4.79. The number of nitrogens with zero attached hydrogens (tertiary/aromatic N) is 1. The van der Waals surface area contributed by atoms with Gasteiger partial charge in [-0.25, -0.2) is 0 Å². The second-order valence-corrected chi connectivity index (χ2v) is 9.72. The quantitative estimate of drug-likeness (QED) is 0.301. The third kappa shape index (κ3) is 6.15. The van der Waals surface area contributed by atoms with Gasteiger partial charge in [0, 0.05) is 33.4 Å². The Morgan fingerprint density at radius 1 is 0.794 bits per heavy atom. The van der Waals surface area contributed by atoms with E-state index >= 15 is 0 Å². The van der Waals surface area contributed by atoms with E-state index < -0.39 is 0 Å². The van der Waals surface area contributed by atoms with E-state index in [0.717, 1.165) is 30.7 Å². The fraction of sp³-hybridized carbons (Fsp3) is 0.500. The maximum atomic E-state index is 9.52. The summed E-state index contributed by atoms with van der Waals surface area (Å²) < 4.78 is 0. The molecule has 3 fully saturated rings. The van der Waals surface area contributed by atoms with E-state index in [2.05, 4.69) is 42.6 Å². The monoisotopic (exact) mass is 637 g/mol. The van der Waals surface area contributed by atoms with Crippen molar-refractivity contribution in [3.05, 3.63) is 66.4 Å². The molecule has 0 amide bonds. The Morgan fingerprint density at radius 3 is 2.18 bits per heavy atom. The maximum absolute atomic E-state index is 9.52. The molecule has 3 atom stereocenters. The predicted octanol–water partition coefficient (Wildman–Crippen LogP) is 6.91. The van der Waals surface area contributed by atoms with Crippen molar-refractivity contribution in [2.24, 2.45) is 11.8 Å². The largest absolute Gasteiger partial charge is 0.400 e. The first-order chi connectivity index (χ1) is 16.3. The van der Waals surface area contributed by atoms with E-state index in [9.17, 15) is 5.11 Å². The molecular weight excluding hydrogens is 599 g/mol. The first kappa shape index (κ1) is 27.0. The number of hydrogen-bond acceptors (Lipinski definition) is 3. The van der Waals surface area contributed by atoms with Crippen LogP contribution in [0.2, 0.25) is 0 Å². The molecule has 2 N–H and O–H groups in total. The summed E-state index contributed by atoms with van der Waals surface area (Å²) in [5.74, 6) is 2.27. The third-order valence-electron chi connectivity index (χ3n) is 7.88. The fourth-order valence-electron chi connectivity index (χ4n) is 6.23. The normalized spacial score (nSPS) is 23.7. The van der Waals surface area contributed by atoms with Gasteiger partial charge in [0.15, 0.2) is 0 Å². The van der Waals surface area contributed by atoms with Crippen molar-refractivity contribution in [1.29, 1.82) is 0 Å². The van der Waals surface area contributed by atoms with E-state index in [-0.39, 0.29) is 26.2 Å². The third-order valence-corrected chi connectivity index (χ3v) is 7.88. The van der Waals surface area contributed by atoms with Crippen molar-refractivity contribution < 1.29 is 30.3 Å². The molecule has 0 bridgehead atoms. The van der Waals surface area contributed by atoms with Crippen LogP contribution in [0.5, 0.6) is 0 Å². The van der Waals surface area contributed by atoms with Gasteiger partial charge in [-0.05, 0) is 71.9 Å². The van der Waals surface area contributed by atoms with E-state index in [1.54, 1.807) is 0 Å². The molecule has 3 aliphatic carbocycles.